The molecule has 2 rings (SSSR count). The molecule has 1 atom stereocenters. The Balaban J connectivity index is 2.51. The summed E-state index contributed by atoms with van der Waals surface area (Å²) in [5, 5.41) is 6.11. The van der Waals surface area contributed by atoms with Gasteiger partial charge in [0.05, 0.1) is 34.9 Å². The van der Waals surface area contributed by atoms with Crippen LogP contribution in [0, 0.1) is 0 Å². The first kappa shape index (κ1) is 21.4. The standard InChI is InChI=1S/C19H24Cl2N2O4/c1-4-7-14-15(18(24)26-6-3)16(23-19(25)22-14)11-9-12(20)17(13(21)10-11)27-8-5-2/h9-10,16H,4-8H2,1-3H3,(H2,22,23,25). The maximum Gasteiger partial charge on any atom is 0.338 e. The molecule has 1 unspecified atom stereocenters. The number of carbonyl (C=O) groups excluding carboxylic acids is 2. The number of hydrogen-bond acceptors (Lipinski definition) is 4. The summed E-state index contributed by atoms with van der Waals surface area (Å²) in [6.45, 7) is 6.39. The maximum atomic E-state index is 12.6. The van der Waals surface area contributed by atoms with Crippen LogP contribution in [0.5, 0.6) is 5.75 Å². The van der Waals surface area contributed by atoms with E-state index in [2.05, 4.69) is 10.6 Å². The average molecular weight is 415 g/mol. The summed E-state index contributed by atoms with van der Waals surface area (Å²) < 4.78 is 10.8. The molecule has 2 amide bonds. The number of urea groups is 1. The van der Waals surface area contributed by atoms with Gasteiger partial charge in [0.1, 0.15) is 0 Å². The smallest absolute Gasteiger partial charge is 0.338 e. The van der Waals surface area contributed by atoms with Crippen LogP contribution < -0.4 is 15.4 Å². The molecular weight excluding hydrogens is 391 g/mol. The summed E-state index contributed by atoms with van der Waals surface area (Å²) in [5.74, 6) is -0.100. The number of amides is 2. The molecule has 148 valence electrons. The number of halogens is 2. The van der Waals surface area contributed by atoms with Gasteiger partial charge in [-0.15, -0.1) is 0 Å². The van der Waals surface area contributed by atoms with Crippen LogP contribution in [0.15, 0.2) is 23.4 Å². The molecule has 0 aromatic heterocycles. The Morgan fingerprint density at radius 1 is 1.15 bits per heavy atom. The van der Waals surface area contributed by atoms with Crippen LogP contribution in [-0.4, -0.2) is 25.2 Å². The van der Waals surface area contributed by atoms with Crippen molar-refractivity contribution in [1.29, 1.82) is 0 Å². The predicted octanol–water partition coefficient (Wildman–Crippen LogP) is 4.75. The largest absolute Gasteiger partial charge is 0.490 e. The summed E-state index contributed by atoms with van der Waals surface area (Å²) in [5.41, 5.74) is 1.48. The van der Waals surface area contributed by atoms with Crippen molar-refractivity contribution in [1.82, 2.24) is 10.6 Å². The molecule has 0 bridgehead atoms. The van der Waals surface area contributed by atoms with Crippen molar-refractivity contribution in [2.24, 2.45) is 0 Å². The summed E-state index contributed by atoms with van der Waals surface area (Å²) in [4.78, 5) is 24.7. The number of ether oxygens (including phenoxy) is 2. The first-order valence-corrected chi connectivity index (χ1v) is 9.77. The fourth-order valence-electron chi connectivity index (χ4n) is 2.85. The summed E-state index contributed by atoms with van der Waals surface area (Å²) in [7, 11) is 0. The minimum Gasteiger partial charge on any atom is -0.490 e. The lowest BCUT2D eigenvalue weighted by atomic mass is 9.93. The van der Waals surface area contributed by atoms with E-state index < -0.39 is 18.0 Å². The number of benzene rings is 1. The van der Waals surface area contributed by atoms with Gasteiger partial charge in [-0.2, -0.15) is 0 Å². The van der Waals surface area contributed by atoms with E-state index in [4.69, 9.17) is 32.7 Å². The number of rotatable bonds is 8. The van der Waals surface area contributed by atoms with E-state index >= 15 is 0 Å². The fraction of sp³-hybridized carbons (Fsp3) is 0.474. The molecule has 1 aliphatic rings. The van der Waals surface area contributed by atoms with E-state index in [1.807, 2.05) is 13.8 Å². The molecule has 1 aromatic rings. The van der Waals surface area contributed by atoms with E-state index in [0.29, 0.717) is 45.7 Å². The van der Waals surface area contributed by atoms with Crippen molar-refractivity contribution in [2.45, 2.75) is 46.1 Å². The summed E-state index contributed by atoms with van der Waals surface area (Å²) in [6, 6.07) is 2.19. The molecular formula is C19H24Cl2N2O4. The van der Waals surface area contributed by atoms with E-state index in [-0.39, 0.29) is 6.61 Å². The molecule has 0 spiro atoms. The Morgan fingerprint density at radius 3 is 2.37 bits per heavy atom. The van der Waals surface area contributed by atoms with Crippen LogP contribution in [0.25, 0.3) is 0 Å². The molecule has 1 aliphatic heterocycles. The normalized spacial score (nSPS) is 16.6. The third-order valence-electron chi connectivity index (χ3n) is 3.95. The highest BCUT2D eigenvalue weighted by molar-refractivity contribution is 6.37. The van der Waals surface area contributed by atoms with Crippen molar-refractivity contribution in [3.63, 3.8) is 0 Å². The van der Waals surface area contributed by atoms with Crippen LogP contribution in [0.2, 0.25) is 10.0 Å². The Hall–Kier alpha value is -1.92. The molecule has 0 saturated heterocycles. The number of nitrogens with one attached hydrogen (secondary N) is 2. The number of esters is 1. The van der Waals surface area contributed by atoms with Crippen LogP contribution in [0.4, 0.5) is 4.79 Å². The number of allylic oxidation sites excluding steroid dienone is 1. The molecule has 1 aromatic carbocycles. The third-order valence-corrected chi connectivity index (χ3v) is 4.51. The Morgan fingerprint density at radius 2 is 1.81 bits per heavy atom. The molecule has 0 radical (unpaired) electrons. The van der Waals surface area contributed by atoms with Crippen LogP contribution in [-0.2, 0) is 9.53 Å². The van der Waals surface area contributed by atoms with Gasteiger partial charge in [0.2, 0.25) is 0 Å². The quantitative estimate of drug-likeness (QED) is 0.601. The van der Waals surface area contributed by atoms with Gasteiger partial charge in [-0.25, -0.2) is 9.59 Å². The SMILES string of the molecule is CCCOc1c(Cl)cc(C2NC(=O)NC(CCC)=C2C(=O)OCC)cc1Cl. The monoisotopic (exact) mass is 414 g/mol. The Bertz CT molecular complexity index is 726. The van der Waals surface area contributed by atoms with Crippen LogP contribution in [0.3, 0.4) is 0 Å². The van der Waals surface area contributed by atoms with Crippen molar-refractivity contribution < 1.29 is 19.1 Å². The minimum atomic E-state index is -0.713. The van der Waals surface area contributed by atoms with Gasteiger partial charge in [0, 0.05) is 5.70 Å². The van der Waals surface area contributed by atoms with E-state index in [1.165, 1.54) is 0 Å². The van der Waals surface area contributed by atoms with E-state index in [9.17, 15) is 9.59 Å². The third kappa shape index (κ3) is 5.08. The predicted molar refractivity (Wildman–Crippen MR) is 105 cm³/mol. The number of hydrogen-bond donors (Lipinski definition) is 2. The van der Waals surface area contributed by atoms with Gasteiger partial charge in [-0.3, -0.25) is 0 Å². The molecule has 0 saturated carbocycles. The summed E-state index contributed by atoms with van der Waals surface area (Å²) in [6.07, 6.45) is 2.11. The molecule has 8 heteroatoms. The van der Waals surface area contributed by atoms with E-state index in [0.717, 1.165) is 12.8 Å². The van der Waals surface area contributed by atoms with Crippen molar-refractivity contribution in [2.75, 3.05) is 13.2 Å². The molecule has 0 aliphatic carbocycles. The Labute approximate surface area is 169 Å². The highest BCUT2D eigenvalue weighted by atomic mass is 35.5. The van der Waals surface area contributed by atoms with Gasteiger partial charge in [0.15, 0.2) is 5.75 Å². The highest BCUT2D eigenvalue weighted by Gasteiger charge is 2.34. The lowest BCUT2D eigenvalue weighted by Gasteiger charge is -2.29. The minimum absolute atomic E-state index is 0.230. The fourth-order valence-corrected chi connectivity index (χ4v) is 3.47. The van der Waals surface area contributed by atoms with Crippen molar-refractivity contribution >= 4 is 35.2 Å². The van der Waals surface area contributed by atoms with Crippen molar-refractivity contribution in [3.8, 4) is 5.75 Å². The lowest BCUT2D eigenvalue weighted by Crippen LogP contribution is -2.46. The molecule has 0 fully saturated rings. The number of carbonyl (C=O) groups is 2. The van der Waals surface area contributed by atoms with Crippen LogP contribution >= 0.6 is 23.2 Å². The second-order valence-corrected chi connectivity index (χ2v) is 6.87. The zero-order valence-electron chi connectivity index (χ0n) is 15.7. The molecule has 27 heavy (non-hydrogen) atoms. The van der Waals surface area contributed by atoms with Crippen molar-refractivity contribution in [3.05, 3.63) is 39.0 Å². The molecule has 2 N–H and O–H groups in total. The van der Waals surface area contributed by atoms with Gasteiger partial charge in [0.25, 0.3) is 0 Å². The van der Waals surface area contributed by atoms with Crippen LogP contribution in [0.1, 0.15) is 51.6 Å². The molecule has 1 heterocycles. The van der Waals surface area contributed by atoms with Gasteiger partial charge >= 0.3 is 12.0 Å². The second-order valence-electron chi connectivity index (χ2n) is 6.06. The second kappa shape index (κ2) is 9.85. The van der Waals surface area contributed by atoms with Gasteiger partial charge in [-0.1, -0.05) is 43.5 Å². The topological polar surface area (TPSA) is 76.7 Å². The highest BCUT2D eigenvalue weighted by Crippen LogP contribution is 2.39. The summed E-state index contributed by atoms with van der Waals surface area (Å²) >= 11 is 12.7. The first-order valence-electron chi connectivity index (χ1n) is 9.02. The average Bonchev–Trinajstić information content (AvgIpc) is 2.61. The van der Waals surface area contributed by atoms with Gasteiger partial charge < -0.3 is 20.1 Å². The lowest BCUT2D eigenvalue weighted by molar-refractivity contribution is -0.139. The zero-order valence-corrected chi connectivity index (χ0v) is 17.2. The zero-order chi connectivity index (χ0) is 20.0. The maximum absolute atomic E-state index is 12.6. The van der Waals surface area contributed by atoms with E-state index in [1.54, 1.807) is 19.1 Å². The van der Waals surface area contributed by atoms with Gasteiger partial charge in [-0.05, 0) is 37.5 Å². The molecule has 6 nitrogen and oxygen atoms in total. The first-order chi connectivity index (χ1) is 12.9. The Kier molecular flexibility index (Phi) is 7.80.